The number of guanidine groups is 1. The van der Waals surface area contributed by atoms with E-state index in [4.69, 9.17) is 0 Å². The van der Waals surface area contributed by atoms with Gasteiger partial charge in [-0.05, 0) is 44.9 Å². The van der Waals surface area contributed by atoms with Crippen molar-refractivity contribution in [3.05, 3.63) is 51.2 Å². The van der Waals surface area contributed by atoms with Crippen molar-refractivity contribution in [2.45, 2.75) is 33.6 Å². The number of halogens is 2. The Kier molecular flexibility index (Phi) is 9.96. The van der Waals surface area contributed by atoms with Crippen LogP contribution < -0.4 is 10.6 Å². The summed E-state index contributed by atoms with van der Waals surface area (Å²) in [5.74, 6) is 0.598. The topological polar surface area (TPSA) is 49.3 Å². The molecule has 138 valence electrons. The van der Waals surface area contributed by atoms with Gasteiger partial charge in [-0.3, -0.25) is 4.99 Å². The number of nitrogens with zero attached hydrogens (tertiary/aromatic N) is 2. The first-order valence-corrected chi connectivity index (χ1v) is 9.09. The Labute approximate surface area is 170 Å². The fourth-order valence-electron chi connectivity index (χ4n) is 2.27. The van der Waals surface area contributed by atoms with Crippen LogP contribution in [0.1, 0.15) is 28.1 Å². The van der Waals surface area contributed by atoms with Gasteiger partial charge in [-0.15, -0.1) is 35.3 Å². The predicted octanol–water partition coefficient (Wildman–Crippen LogP) is 3.86. The third-order valence-electron chi connectivity index (χ3n) is 3.61. The third kappa shape index (κ3) is 7.68. The van der Waals surface area contributed by atoms with Crippen LogP contribution in [0.3, 0.4) is 0 Å². The normalized spacial score (nSPS) is 11.1. The maximum atomic E-state index is 13.2. The molecule has 0 bridgehead atoms. The second-order valence-corrected chi connectivity index (χ2v) is 6.85. The van der Waals surface area contributed by atoms with Gasteiger partial charge in [0.2, 0.25) is 0 Å². The Morgan fingerprint density at radius 2 is 2.04 bits per heavy atom. The molecule has 0 spiro atoms. The van der Waals surface area contributed by atoms with Gasteiger partial charge < -0.3 is 10.6 Å². The zero-order valence-corrected chi connectivity index (χ0v) is 18.1. The van der Waals surface area contributed by atoms with Crippen molar-refractivity contribution < 1.29 is 4.39 Å². The highest BCUT2D eigenvalue weighted by Crippen LogP contribution is 2.16. The summed E-state index contributed by atoms with van der Waals surface area (Å²) < 4.78 is 13.2. The molecule has 0 atom stereocenters. The Bertz CT molecular complexity index is 668. The number of aliphatic imine (C=N–C) groups is 1. The minimum Gasteiger partial charge on any atom is -0.357 e. The van der Waals surface area contributed by atoms with Crippen molar-refractivity contribution >= 4 is 41.3 Å². The maximum absolute atomic E-state index is 13.2. The van der Waals surface area contributed by atoms with Crippen LogP contribution in [-0.4, -0.2) is 30.6 Å². The van der Waals surface area contributed by atoms with Gasteiger partial charge in [0, 0.05) is 30.9 Å². The monoisotopic (exact) mass is 476 g/mol. The Balaban J connectivity index is 0.00000312. The van der Waals surface area contributed by atoms with Gasteiger partial charge in [0.25, 0.3) is 0 Å². The Hall–Kier alpha value is -1.22. The number of aromatic nitrogens is 1. The average molecular weight is 476 g/mol. The van der Waals surface area contributed by atoms with Gasteiger partial charge in [-0.25, -0.2) is 9.37 Å². The largest absolute Gasteiger partial charge is 0.357 e. The van der Waals surface area contributed by atoms with Crippen molar-refractivity contribution in [1.29, 1.82) is 0 Å². The molecule has 0 saturated heterocycles. The molecule has 25 heavy (non-hydrogen) atoms. The second-order valence-electron chi connectivity index (χ2n) is 5.57. The number of thiazole rings is 1. The van der Waals surface area contributed by atoms with Crippen molar-refractivity contribution in [1.82, 2.24) is 15.6 Å². The minimum absolute atomic E-state index is 0. The summed E-state index contributed by atoms with van der Waals surface area (Å²) in [6.07, 6.45) is 1.60. The fourth-order valence-corrected chi connectivity index (χ4v) is 3.19. The molecule has 0 aliphatic rings. The first-order valence-electron chi connectivity index (χ1n) is 8.28. The molecule has 0 aliphatic heterocycles. The van der Waals surface area contributed by atoms with Crippen LogP contribution in [-0.2, 0) is 12.8 Å². The van der Waals surface area contributed by atoms with Gasteiger partial charge >= 0.3 is 0 Å². The van der Waals surface area contributed by atoms with Gasteiger partial charge in [-0.1, -0.05) is 12.1 Å². The SMILES string of the molecule is CCNC(=NCCc1nc(C)c(C)s1)NCCc1cccc(F)c1.I. The molecule has 0 radical (unpaired) electrons. The maximum Gasteiger partial charge on any atom is 0.191 e. The lowest BCUT2D eigenvalue weighted by Gasteiger charge is -2.11. The summed E-state index contributed by atoms with van der Waals surface area (Å²) in [6, 6.07) is 6.70. The van der Waals surface area contributed by atoms with E-state index in [9.17, 15) is 4.39 Å². The Morgan fingerprint density at radius 3 is 2.68 bits per heavy atom. The van der Waals surface area contributed by atoms with Crippen LogP contribution in [0.15, 0.2) is 29.3 Å². The lowest BCUT2D eigenvalue weighted by atomic mass is 10.1. The van der Waals surface area contributed by atoms with E-state index >= 15 is 0 Å². The van der Waals surface area contributed by atoms with Crippen molar-refractivity contribution in [3.8, 4) is 0 Å². The number of hydrogen-bond donors (Lipinski definition) is 2. The second kappa shape index (κ2) is 11.4. The standard InChI is InChI=1S/C18H25FN4S.HI/c1-4-20-18(21-10-8-15-6-5-7-16(19)12-15)22-11-9-17-23-13(2)14(3)24-17;/h5-7,12H,4,8-11H2,1-3H3,(H2,20,21,22);1H. The molecule has 2 N–H and O–H groups in total. The average Bonchev–Trinajstić information content (AvgIpc) is 2.86. The van der Waals surface area contributed by atoms with E-state index in [1.807, 2.05) is 19.9 Å². The zero-order valence-electron chi connectivity index (χ0n) is 14.9. The van der Waals surface area contributed by atoms with E-state index in [1.54, 1.807) is 23.5 Å². The van der Waals surface area contributed by atoms with Crippen LogP contribution in [0.2, 0.25) is 0 Å². The number of aryl methyl sites for hydroxylation is 2. The summed E-state index contributed by atoms with van der Waals surface area (Å²) in [5, 5.41) is 7.65. The molecule has 7 heteroatoms. The molecule has 0 fully saturated rings. The molecule has 0 saturated carbocycles. The summed E-state index contributed by atoms with van der Waals surface area (Å²) in [5.41, 5.74) is 2.09. The lowest BCUT2D eigenvalue weighted by Crippen LogP contribution is -2.38. The number of benzene rings is 1. The highest BCUT2D eigenvalue weighted by molar-refractivity contribution is 14.0. The van der Waals surface area contributed by atoms with Gasteiger partial charge in [0.05, 0.1) is 10.7 Å². The molecule has 0 unspecified atom stereocenters. The quantitative estimate of drug-likeness (QED) is 0.363. The minimum atomic E-state index is -0.192. The van der Waals surface area contributed by atoms with Crippen molar-refractivity contribution in [2.75, 3.05) is 19.6 Å². The molecule has 0 aliphatic carbocycles. The number of rotatable bonds is 7. The van der Waals surface area contributed by atoms with Crippen LogP contribution in [0.4, 0.5) is 4.39 Å². The summed E-state index contributed by atoms with van der Waals surface area (Å²) in [7, 11) is 0. The van der Waals surface area contributed by atoms with Crippen molar-refractivity contribution in [2.24, 2.45) is 4.99 Å². The molecule has 1 aromatic carbocycles. The first kappa shape index (κ1) is 21.8. The van der Waals surface area contributed by atoms with E-state index in [0.717, 1.165) is 41.6 Å². The van der Waals surface area contributed by atoms with Crippen molar-refractivity contribution in [3.63, 3.8) is 0 Å². The molecule has 2 rings (SSSR count). The molecular formula is C18H26FIN4S. The smallest absolute Gasteiger partial charge is 0.191 e. The summed E-state index contributed by atoms with van der Waals surface area (Å²) in [4.78, 5) is 10.4. The van der Waals surface area contributed by atoms with Gasteiger partial charge in [0.15, 0.2) is 5.96 Å². The third-order valence-corrected chi connectivity index (χ3v) is 4.74. The van der Waals surface area contributed by atoms with Crippen LogP contribution in [0.5, 0.6) is 0 Å². The molecule has 1 aromatic heterocycles. The summed E-state index contributed by atoms with van der Waals surface area (Å²) >= 11 is 1.74. The van der Waals surface area contributed by atoms with Crippen LogP contribution in [0, 0.1) is 19.7 Å². The first-order chi connectivity index (χ1) is 11.6. The number of nitrogens with one attached hydrogen (secondary N) is 2. The molecular weight excluding hydrogens is 450 g/mol. The fraction of sp³-hybridized carbons (Fsp3) is 0.444. The van der Waals surface area contributed by atoms with E-state index in [-0.39, 0.29) is 29.8 Å². The predicted molar refractivity (Wildman–Crippen MR) is 115 cm³/mol. The number of hydrogen-bond acceptors (Lipinski definition) is 3. The highest BCUT2D eigenvalue weighted by atomic mass is 127. The lowest BCUT2D eigenvalue weighted by molar-refractivity contribution is 0.625. The van der Waals surface area contributed by atoms with E-state index < -0.39 is 0 Å². The van der Waals surface area contributed by atoms with E-state index in [0.29, 0.717) is 13.1 Å². The Morgan fingerprint density at radius 1 is 1.24 bits per heavy atom. The van der Waals surface area contributed by atoms with Crippen LogP contribution >= 0.6 is 35.3 Å². The molecule has 1 heterocycles. The van der Waals surface area contributed by atoms with Gasteiger partial charge in [0.1, 0.15) is 5.82 Å². The summed E-state index contributed by atoms with van der Waals surface area (Å²) in [6.45, 7) is 8.39. The van der Waals surface area contributed by atoms with E-state index in [2.05, 4.69) is 27.5 Å². The highest BCUT2D eigenvalue weighted by Gasteiger charge is 2.03. The molecule has 0 amide bonds. The zero-order chi connectivity index (χ0) is 17.4. The van der Waals surface area contributed by atoms with E-state index in [1.165, 1.54) is 10.9 Å². The molecule has 2 aromatic rings. The van der Waals surface area contributed by atoms with Crippen LogP contribution in [0.25, 0.3) is 0 Å². The van der Waals surface area contributed by atoms with Gasteiger partial charge in [-0.2, -0.15) is 0 Å². The molecule has 4 nitrogen and oxygen atoms in total.